The number of anilines is 1. The lowest BCUT2D eigenvalue weighted by molar-refractivity contribution is -0.132. The molecule has 3 unspecified atom stereocenters. The van der Waals surface area contributed by atoms with Crippen molar-refractivity contribution in [3.05, 3.63) is 101 Å². The van der Waals surface area contributed by atoms with Gasteiger partial charge in [-0.2, -0.15) is 0 Å². The molecular weight excluding hydrogens is 664 g/mol. The fourth-order valence-electron chi connectivity index (χ4n) is 5.35. The van der Waals surface area contributed by atoms with Crippen molar-refractivity contribution in [2.24, 2.45) is 17.8 Å². The average molecular weight is 713 g/mol. The standard InChI is InChI=1S/C37H49ClN4O6S/c1-24(2)19-32(33(43)20-26(5)35(44)41-34(25(3)4)37(46)39-22-27-13-9-7-10-14-27)40-36(45)30-21-29(17-18-31(30)38)42(6)49(47,48)23-28-15-11-8-12-16-28/h7-18,21,24-26,32-34,43H,19-20,22-23H2,1-6H3,(H,39,46)(H,40,45)(H,41,44)/t26?,32?,33?,34-/m0/s1. The molecular formula is C37H49ClN4O6S. The van der Waals surface area contributed by atoms with E-state index in [0.717, 1.165) is 9.87 Å². The van der Waals surface area contributed by atoms with Crippen LogP contribution in [-0.4, -0.2) is 56.5 Å². The predicted molar refractivity (Wildman–Crippen MR) is 194 cm³/mol. The number of halogens is 1. The summed E-state index contributed by atoms with van der Waals surface area (Å²) < 4.78 is 27.4. The summed E-state index contributed by atoms with van der Waals surface area (Å²) in [5.41, 5.74) is 1.87. The SMILES string of the molecule is CC(C)CC(NC(=O)c1cc(N(C)S(=O)(=O)Cc2ccccc2)ccc1Cl)C(O)CC(C)C(=O)N[C@H](C(=O)NCc1ccccc1)C(C)C. The third kappa shape index (κ3) is 11.9. The number of hydrogen-bond acceptors (Lipinski definition) is 6. The van der Waals surface area contributed by atoms with Gasteiger partial charge < -0.3 is 21.1 Å². The zero-order valence-corrected chi connectivity index (χ0v) is 30.6. The summed E-state index contributed by atoms with van der Waals surface area (Å²) in [5, 5.41) is 20.0. The van der Waals surface area contributed by atoms with Crippen LogP contribution in [0.25, 0.3) is 0 Å². The topological polar surface area (TPSA) is 145 Å². The Kier molecular flexibility index (Phi) is 14.7. The Morgan fingerprint density at radius 1 is 0.816 bits per heavy atom. The predicted octanol–water partition coefficient (Wildman–Crippen LogP) is 5.30. The minimum Gasteiger partial charge on any atom is -0.391 e. The molecule has 4 N–H and O–H groups in total. The van der Waals surface area contributed by atoms with Gasteiger partial charge in [-0.15, -0.1) is 0 Å². The molecule has 0 fully saturated rings. The Morgan fingerprint density at radius 2 is 1.41 bits per heavy atom. The van der Waals surface area contributed by atoms with E-state index in [1.807, 2.05) is 58.0 Å². The molecule has 0 saturated heterocycles. The van der Waals surface area contributed by atoms with Crippen LogP contribution in [0.1, 0.15) is 68.9 Å². The second-order valence-corrected chi connectivity index (χ2v) is 15.6. The molecule has 3 amide bonds. The van der Waals surface area contributed by atoms with Crippen LogP contribution in [-0.2, 0) is 31.9 Å². The summed E-state index contributed by atoms with van der Waals surface area (Å²) in [6, 6.07) is 21.1. The highest BCUT2D eigenvalue weighted by atomic mass is 35.5. The number of aliphatic hydroxyl groups is 1. The highest BCUT2D eigenvalue weighted by Crippen LogP contribution is 2.26. The van der Waals surface area contributed by atoms with Crippen molar-refractivity contribution >= 4 is 45.0 Å². The molecule has 3 rings (SSSR count). The van der Waals surface area contributed by atoms with Gasteiger partial charge in [0.15, 0.2) is 0 Å². The molecule has 0 aliphatic rings. The van der Waals surface area contributed by atoms with E-state index < -0.39 is 45.9 Å². The Bertz CT molecular complexity index is 1650. The molecule has 0 bridgehead atoms. The van der Waals surface area contributed by atoms with Crippen molar-refractivity contribution in [2.75, 3.05) is 11.4 Å². The first-order valence-electron chi connectivity index (χ1n) is 16.5. The molecule has 0 radical (unpaired) electrons. The van der Waals surface area contributed by atoms with Gasteiger partial charge in [0.1, 0.15) is 6.04 Å². The summed E-state index contributed by atoms with van der Waals surface area (Å²) in [6.45, 7) is 9.58. The van der Waals surface area contributed by atoms with Gasteiger partial charge in [-0.1, -0.05) is 107 Å². The highest BCUT2D eigenvalue weighted by molar-refractivity contribution is 7.92. The van der Waals surface area contributed by atoms with E-state index >= 15 is 0 Å². The minimum atomic E-state index is -3.78. The normalized spacial score (nSPS) is 14.1. The van der Waals surface area contributed by atoms with Gasteiger partial charge >= 0.3 is 0 Å². The maximum atomic E-state index is 13.6. The van der Waals surface area contributed by atoms with Crippen molar-refractivity contribution in [2.45, 2.75) is 77.9 Å². The lowest BCUT2D eigenvalue weighted by Gasteiger charge is -2.29. The average Bonchev–Trinajstić information content (AvgIpc) is 3.05. The van der Waals surface area contributed by atoms with E-state index in [1.54, 1.807) is 37.3 Å². The number of sulfonamides is 1. The Morgan fingerprint density at radius 3 is 1.98 bits per heavy atom. The minimum absolute atomic E-state index is 0.0220. The van der Waals surface area contributed by atoms with Gasteiger partial charge in [-0.3, -0.25) is 18.7 Å². The van der Waals surface area contributed by atoms with Gasteiger partial charge in [0.25, 0.3) is 5.91 Å². The summed E-state index contributed by atoms with van der Waals surface area (Å²) in [4.78, 5) is 39.8. The molecule has 4 atom stereocenters. The third-order valence-electron chi connectivity index (χ3n) is 8.27. The van der Waals surface area contributed by atoms with Crippen LogP contribution in [0.15, 0.2) is 78.9 Å². The van der Waals surface area contributed by atoms with Crippen LogP contribution in [0, 0.1) is 17.8 Å². The second kappa shape index (κ2) is 18.2. The lowest BCUT2D eigenvalue weighted by atomic mass is 9.91. The van der Waals surface area contributed by atoms with Gasteiger partial charge in [-0.25, -0.2) is 8.42 Å². The number of carbonyl (C=O) groups excluding carboxylic acids is 3. The first-order chi connectivity index (χ1) is 23.1. The Balaban J connectivity index is 1.68. The number of benzene rings is 3. The number of amides is 3. The van der Waals surface area contributed by atoms with E-state index in [-0.39, 0.29) is 46.2 Å². The summed E-state index contributed by atoms with van der Waals surface area (Å²) in [7, 11) is -2.36. The fourth-order valence-corrected chi connectivity index (χ4v) is 6.80. The van der Waals surface area contributed by atoms with E-state index in [0.29, 0.717) is 18.5 Å². The monoisotopic (exact) mass is 712 g/mol. The Labute approximate surface area is 295 Å². The highest BCUT2D eigenvalue weighted by Gasteiger charge is 2.31. The molecule has 12 heteroatoms. The summed E-state index contributed by atoms with van der Waals surface area (Å²) in [6.07, 6.45) is -0.679. The number of carbonyl (C=O) groups is 3. The Hall–Kier alpha value is -3.93. The summed E-state index contributed by atoms with van der Waals surface area (Å²) in [5.74, 6) is -2.28. The van der Waals surface area contributed by atoms with Crippen molar-refractivity contribution in [3.8, 4) is 0 Å². The second-order valence-electron chi connectivity index (χ2n) is 13.2. The molecule has 10 nitrogen and oxygen atoms in total. The van der Waals surface area contributed by atoms with Crippen LogP contribution in [0.3, 0.4) is 0 Å². The smallest absolute Gasteiger partial charge is 0.253 e. The maximum Gasteiger partial charge on any atom is 0.253 e. The molecule has 0 spiro atoms. The molecule has 0 aliphatic carbocycles. The molecule has 0 saturated carbocycles. The van der Waals surface area contributed by atoms with Gasteiger partial charge in [0.05, 0.1) is 34.2 Å². The first-order valence-corrected chi connectivity index (χ1v) is 18.5. The molecule has 3 aromatic carbocycles. The van der Waals surface area contributed by atoms with Gasteiger partial charge in [-0.05, 0) is 54.0 Å². The molecule has 0 aromatic heterocycles. The van der Waals surface area contributed by atoms with Crippen molar-refractivity contribution in [3.63, 3.8) is 0 Å². The number of hydrogen-bond donors (Lipinski definition) is 4. The van der Waals surface area contributed by atoms with Crippen molar-refractivity contribution in [1.29, 1.82) is 0 Å². The first kappa shape index (κ1) is 39.5. The maximum absolute atomic E-state index is 13.6. The van der Waals surface area contributed by atoms with Crippen LogP contribution < -0.4 is 20.3 Å². The third-order valence-corrected chi connectivity index (χ3v) is 10.3. The lowest BCUT2D eigenvalue weighted by Crippen LogP contribution is -2.51. The zero-order valence-electron chi connectivity index (χ0n) is 29.0. The largest absolute Gasteiger partial charge is 0.391 e. The van der Waals surface area contributed by atoms with Crippen LogP contribution in [0.4, 0.5) is 5.69 Å². The van der Waals surface area contributed by atoms with Crippen molar-refractivity contribution in [1.82, 2.24) is 16.0 Å². The van der Waals surface area contributed by atoms with Crippen molar-refractivity contribution < 1.29 is 27.9 Å². The zero-order chi connectivity index (χ0) is 36.3. The molecule has 49 heavy (non-hydrogen) atoms. The summed E-state index contributed by atoms with van der Waals surface area (Å²) >= 11 is 6.41. The number of nitrogens with one attached hydrogen (secondary N) is 3. The van der Waals surface area contributed by atoms with E-state index in [2.05, 4.69) is 16.0 Å². The van der Waals surface area contributed by atoms with E-state index in [4.69, 9.17) is 11.6 Å². The molecule has 0 aliphatic heterocycles. The van der Waals surface area contributed by atoms with Crippen LogP contribution >= 0.6 is 11.6 Å². The fraction of sp³-hybridized carbons (Fsp3) is 0.432. The van der Waals surface area contributed by atoms with Crippen LogP contribution in [0.5, 0.6) is 0 Å². The van der Waals surface area contributed by atoms with Crippen LogP contribution in [0.2, 0.25) is 5.02 Å². The number of nitrogens with zero attached hydrogens (tertiary/aromatic N) is 1. The van der Waals surface area contributed by atoms with Gasteiger partial charge in [0, 0.05) is 19.5 Å². The molecule has 0 heterocycles. The van der Waals surface area contributed by atoms with Gasteiger partial charge in [0.2, 0.25) is 21.8 Å². The quantitative estimate of drug-likeness (QED) is 0.150. The molecule has 266 valence electrons. The number of rotatable bonds is 17. The molecule has 3 aromatic rings. The van der Waals surface area contributed by atoms with E-state index in [9.17, 15) is 27.9 Å². The van der Waals surface area contributed by atoms with E-state index in [1.165, 1.54) is 25.2 Å². The number of aliphatic hydroxyl groups excluding tert-OH is 1.